The first-order valence-corrected chi connectivity index (χ1v) is 12.0. The number of anilines is 1. The van der Waals surface area contributed by atoms with Gasteiger partial charge in [-0.05, 0) is 63.9 Å². The average molecular weight is 521 g/mol. The van der Waals surface area contributed by atoms with Crippen LogP contribution < -0.4 is 9.64 Å². The van der Waals surface area contributed by atoms with Crippen molar-refractivity contribution in [3.63, 3.8) is 0 Å². The zero-order chi connectivity index (χ0) is 27.4. The first-order chi connectivity index (χ1) is 17.3. The molecule has 1 amide bonds. The number of aryl methyl sites for hydroxylation is 1. The molecule has 1 aromatic heterocycles. The van der Waals surface area contributed by atoms with Crippen molar-refractivity contribution in [1.82, 2.24) is 5.16 Å². The summed E-state index contributed by atoms with van der Waals surface area (Å²) >= 11 is 0. The predicted molar refractivity (Wildman–Crippen MR) is 133 cm³/mol. The lowest BCUT2D eigenvalue weighted by atomic mass is 10.0. The summed E-state index contributed by atoms with van der Waals surface area (Å²) in [6, 6.07) is 9.40. The molecule has 0 unspecified atom stereocenters. The van der Waals surface area contributed by atoms with E-state index in [4.69, 9.17) is 9.47 Å². The molecule has 0 saturated heterocycles. The van der Waals surface area contributed by atoms with Crippen molar-refractivity contribution < 1.29 is 36.8 Å². The summed E-state index contributed by atoms with van der Waals surface area (Å²) in [5.74, 6) is -1.36. The third-order valence-electron chi connectivity index (χ3n) is 5.50. The van der Waals surface area contributed by atoms with Crippen molar-refractivity contribution in [3.05, 3.63) is 53.3 Å². The number of carbonyl (C=O) groups excluding carboxylic acids is 2. The number of carbonyl (C=O) groups is 2. The van der Waals surface area contributed by atoms with Crippen molar-refractivity contribution >= 4 is 28.5 Å². The number of benzene rings is 2. The minimum Gasteiger partial charge on any atom is -0.493 e. The number of esters is 1. The highest BCUT2D eigenvalue weighted by Gasteiger charge is 2.38. The third kappa shape index (κ3) is 7.02. The van der Waals surface area contributed by atoms with Gasteiger partial charge in [0.1, 0.15) is 16.9 Å². The van der Waals surface area contributed by atoms with Crippen molar-refractivity contribution in [3.8, 4) is 5.75 Å². The molecule has 7 nitrogen and oxygen atoms in total. The molecule has 0 saturated carbocycles. The van der Waals surface area contributed by atoms with Crippen molar-refractivity contribution in [2.75, 3.05) is 18.6 Å². The zero-order valence-electron chi connectivity index (χ0n) is 21.6. The number of fused-ring (bicyclic) bond motifs is 1. The molecule has 0 fully saturated rings. The Morgan fingerprint density at radius 3 is 2.49 bits per heavy atom. The molecule has 0 radical (unpaired) electrons. The second kappa shape index (κ2) is 11.2. The van der Waals surface area contributed by atoms with Gasteiger partial charge in [0, 0.05) is 24.7 Å². The molecule has 1 heterocycles. The summed E-state index contributed by atoms with van der Waals surface area (Å²) in [5.41, 5.74) is 0.936. The summed E-state index contributed by atoms with van der Waals surface area (Å²) in [4.78, 5) is 26.5. The van der Waals surface area contributed by atoms with Gasteiger partial charge in [-0.2, -0.15) is 13.2 Å². The molecule has 0 N–H and O–H groups in total. The molecule has 200 valence electrons. The van der Waals surface area contributed by atoms with Crippen molar-refractivity contribution in [2.45, 2.75) is 65.2 Å². The molecule has 3 rings (SSSR count). The van der Waals surface area contributed by atoms with Crippen LogP contribution in [0, 0.1) is 0 Å². The number of aromatic nitrogens is 1. The Morgan fingerprint density at radius 1 is 1.11 bits per heavy atom. The van der Waals surface area contributed by atoms with E-state index in [1.54, 1.807) is 52.1 Å². The fourth-order valence-electron chi connectivity index (χ4n) is 3.77. The highest BCUT2D eigenvalue weighted by molar-refractivity contribution is 5.96. The van der Waals surface area contributed by atoms with Crippen molar-refractivity contribution in [1.29, 1.82) is 0 Å². The van der Waals surface area contributed by atoms with Gasteiger partial charge in [0.2, 0.25) is 11.7 Å². The van der Waals surface area contributed by atoms with Gasteiger partial charge in [-0.1, -0.05) is 24.6 Å². The molecule has 0 aliphatic heterocycles. The maximum atomic E-state index is 13.2. The van der Waals surface area contributed by atoms with Crippen LogP contribution in [0.5, 0.6) is 5.75 Å². The Hall–Kier alpha value is -3.56. The number of hydrogen-bond acceptors (Lipinski definition) is 6. The molecule has 0 aliphatic carbocycles. The van der Waals surface area contributed by atoms with E-state index < -0.39 is 23.5 Å². The lowest BCUT2D eigenvalue weighted by Gasteiger charge is -2.21. The van der Waals surface area contributed by atoms with E-state index in [1.807, 2.05) is 6.92 Å². The molecule has 37 heavy (non-hydrogen) atoms. The Bertz CT molecular complexity index is 1260. The lowest BCUT2D eigenvalue weighted by molar-refractivity contribution is -0.154. The monoisotopic (exact) mass is 520 g/mol. The van der Waals surface area contributed by atoms with E-state index >= 15 is 0 Å². The highest BCUT2D eigenvalue weighted by atomic mass is 19.4. The maximum absolute atomic E-state index is 13.2. The summed E-state index contributed by atoms with van der Waals surface area (Å²) in [5, 5.41) is 3.54. The zero-order valence-corrected chi connectivity index (χ0v) is 21.6. The van der Waals surface area contributed by atoms with E-state index in [-0.39, 0.29) is 29.8 Å². The number of amides is 1. The third-order valence-corrected chi connectivity index (χ3v) is 5.50. The van der Waals surface area contributed by atoms with Gasteiger partial charge in [-0.15, -0.1) is 0 Å². The van der Waals surface area contributed by atoms with E-state index in [2.05, 4.69) is 9.68 Å². The number of alkyl halides is 3. The van der Waals surface area contributed by atoms with Gasteiger partial charge < -0.3 is 18.9 Å². The molecule has 0 bridgehead atoms. The summed E-state index contributed by atoms with van der Waals surface area (Å²) in [7, 11) is 1.62. The van der Waals surface area contributed by atoms with Crippen LogP contribution in [0.15, 0.2) is 40.9 Å². The summed E-state index contributed by atoms with van der Waals surface area (Å²) < 4.78 is 55.4. The largest absolute Gasteiger partial charge is 0.493 e. The van der Waals surface area contributed by atoms with Gasteiger partial charge >= 0.3 is 12.1 Å². The second-order valence-electron chi connectivity index (χ2n) is 9.65. The molecule has 2 aromatic carbocycles. The Kier molecular flexibility index (Phi) is 8.50. The molecule has 0 aliphatic rings. The average Bonchev–Trinajstić information content (AvgIpc) is 3.26. The van der Waals surface area contributed by atoms with Gasteiger partial charge in [0.25, 0.3) is 0 Å². The minimum atomic E-state index is -4.64. The number of halogens is 3. The van der Waals surface area contributed by atoms with Gasteiger partial charge in [-0.3, -0.25) is 4.79 Å². The van der Waals surface area contributed by atoms with Crippen LogP contribution >= 0.6 is 0 Å². The highest BCUT2D eigenvalue weighted by Crippen LogP contribution is 2.38. The normalized spacial score (nSPS) is 12.0. The van der Waals surface area contributed by atoms with E-state index in [1.165, 1.54) is 17.0 Å². The lowest BCUT2D eigenvalue weighted by Crippen LogP contribution is -2.27. The van der Waals surface area contributed by atoms with Crippen LogP contribution in [-0.2, 0) is 22.1 Å². The van der Waals surface area contributed by atoms with Crippen LogP contribution in [0.3, 0.4) is 0 Å². The topological polar surface area (TPSA) is 81.9 Å². The quantitative estimate of drug-likeness (QED) is 0.234. The van der Waals surface area contributed by atoms with E-state index in [0.29, 0.717) is 41.8 Å². The predicted octanol–water partition coefficient (Wildman–Crippen LogP) is 6.58. The van der Waals surface area contributed by atoms with Crippen LogP contribution in [0.4, 0.5) is 18.9 Å². The molecule has 0 atom stereocenters. The number of hydrogen-bond donors (Lipinski definition) is 0. The molecule has 0 spiro atoms. The standard InChI is InChI=1S/C27H31F3N2O5/c1-6-9-19-21(14-13-20-23(19)31-37-24(20)27(28,29)30)35-15-8-12-22(33)32(5)18-11-7-10-17(16-18)25(34)36-26(2,3)4/h7,10-11,13-14,16H,6,8-9,12,15H2,1-5H3. The first kappa shape index (κ1) is 28.0. The number of ether oxygens (including phenoxy) is 2. The van der Waals surface area contributed by atoms with Gasteiger partial charge in [-0.25, -0.2) is 4.79 Å². The first-order valence-electron chi connectivity index (χ1n) is 12.0. The second-order valence-corrected chi connectivity index (χ2v) is 9.65. The van der Waals surface area contributed by atoms with Gasteiger partial charge in [0.15, 0.2) is 0 Å². The smallest absolute Gasteiger partial charge is 0.453 e. The fraction of sp³-hybridized carbons (Fsp3) is 0.444. The summed E-state index contributed by atoms with van der Waals surface area (Å²) in [6.45, 7) is 7.42. The number of nitrogens with zero attached hydrogens (tertiary/aromatic N) is 2. The van der Waals surface area contributed by atoms with Crippen LogP contribution in [-0.4, -0.2) is 36.3 Å². The molecule has 3 aromatic rings. The van der Waals surface area contributed by atoms with Gasteiger partial charge in [0.05, 0.1) is 17.6 Å². The SMILES string of the molecule is CCCc1c(OCCCC(=O)N(C)c2cccc(C(=O)OC(C)(C)C)c2)ccc2c(C(F)(F)F)onc12. The molecule has 10 heteroatoms. The Morgan fingerprint density at radius 2 is 1.84 bits per heavy atom. The fourth-order valence-corrected chi connectivity index (χ4v) is 3.77. The Labute approximate surface area is 213 Å². The van der Waals surface area contributed by atoms with E-state index in [9.17, 15) is 22.8 Å². The van der Waals surface area contributed by atoms with Crippen LogP contribution in [0.2, 0.25) is 0 Å². The molecular formula is C27H31F3N2O5. The van der Waals surface area contributed by atoms with E-state index in [0.717, 1.165) is 0 Å². The molecular weight excluding hydrogens is 489 g/mol. The van der Waals surface area contributed by atoms with Crippen molar-refractivity contribution in [2.24, 2.45) is 0 Å². The maximum Gasteiger partial charge on any atom is 0.453 e. The minimum absolute atomic E-state index is 0.103. The Balaban J connectivity index is 1.62. The van der Waals surface area contributed by atoms with Crippen LogP contribution in [0.25, 0.3) is 10.9 Å². The number of rotatable bonds is 9. The summed E-state index contributed by atoms with van der Waals surface area (Å²) in [6.07, 6.45) is -2.95. The van der Waals surface area contributed by atoms with Crippen LogP contribution in [0.1, 0.15) is 68.6 Å².